The fraction of sp³-hybridized carbons (Fsp3) is 0.286. The van der Waals surface area contributed by atoms with Gasteiger partial charge in [0.25, 0.3) is 0 Å². The SMILES string of the molecule is C=CC(=O)Nc1cccc(CN2CCCC2=O)c1. The smallest absolute Gasteiger partial charge is 0.247 e. The number of amides is 2. The first-order valence-electron chi connectivity index (χ1n) is 5.99. The van der Waals surface area contributed by atoms with Crippen molar-refractivity contribution in [2.45, 2.75) is 19.4 Å². The number of nitrogens with one attached hydrogen (secondary N) is 1. The van der Waals surface area contributed by atoms with E-state index in [1.54, 1.807) is 0 Å². The topological polar surface area (TPSA) is 49.4 Å². The number of carbonyl (C=O) groups excluding carboxylic acids is 2. The summed E-state index contributed by atoms with van der Waals surface area (Å²) in [7, 11) is 0. The van der Waals surface area contributed by atoms with E-state index in [1.807, 2.05) is 29.2 Å². The van der Waals surface area contributed by atoms with E-state index in [9.17, 15) is 9.59 Å². The number of nitrogens with zero attached hydrogens (tertiary/aromatic N) is 1. The summed E-state index contributed by atoms with van der Waals surface area (Å²) < 4.78 is 0. The molecule has 1 heterocycles. The third-order valence-corrected chi connectivity index (χ3v) is 2.92. The van der Waals surface area contributed by atoms with Crippen LogP contribution in [0, 0.1) is 0 Å². The zero-order valence-corrected chi connectivity index (χ0v) is 10.2. The minimum Gasteiger partial charge on any atom is -0.338 e. The number of anilines is 1. The van der Waals surface area contributed by atoms with Crippen LogP contribution in [0.25, 0.3) is 0 Å². The van der Waals surface area contributed by atoms with E-state index in [0.717, 1.165) is 24.2 Å². The molecule has 0 bridgehead atoms. The highest BCUT2D eigenvalue weighted by atomic mass is 16.2. The summed E-state index contributed by atoms with van der Waals surface area (Å²) in [6.07, 6.45) is 2.81. The second-order valence-electron chi connectivity index (χ2n) is 4.31. The van der Waals surface area contributed by atoms with Crippen LogP contribution >= 0.6 is 0 Å². The lowest BCUT2D eigenvalue weighted by atomic mass is 10.2. The van der Waals surface area contributed by atoms with Crippen LogP contribution in [0.5, 0.6) is 0 Å². The predicted octanol–water partition coefficient (Wildman–Crippen LogP) is 1.93. The summed E-state index contributed by atoms with van der Waals surface area (Å²) in [5.41, 5.74) is 1.75. The van der Waals surface area contributed by atoms with Gasteiger partial charge in [0.2, 0.25) is 11.8 Å². The molecule has 0 radical (unpaired) electrons. The first-order valence-corrected chi connectivity index (χ1v) is 5.99. The van der Waals surface area contributed by atoms with Gasteiger partial charge in [-0.15, -0.1) is 0 Å². The molecule has 0 saturated carbocycles. The molecule has 1 aromatic carbocycles. The summed E-state index contributed by atoms with van der Waals surface area (Å²) >= 11 is 0. The molecule has 2 amide bonds. The minimum atomic E-state index is -0.232. The van der Waals surface area contributed by atoms with Crippen molar-refractivity contribution in [2.75, 3.05) is 11.9 Å². The minimum absolute atomic E-state index is 0.204. The average Bonchev–Trinajstić information content (AvgIpc) is 2.75. The van der Waals surface area contributed by atoms with E-state index in [4.69, 9.17) is 0 Å². The largest absolute Gasteiger partial charge is 0.338 e. The van der Waals surface area contributed by atoms with Gasteiger partial charge in [0.05, 0.1) is 0 Å². The molecule has 1 aliphatic heterocycles. The van der Waals surface area contributed by atoms with E-state index in [0.29, 0.717) is 13.0 Å². The van der Waals surface area contributed by atoms with Crippen molar-refractivity contribution in [1.29, 1.82) is 0 Å². The Morgan fingerprint density at radius 1 is 1.50 bits per heavy atom. The van der Waals surface area contributed by atoms with Crippen LogP contribution in [0.15, 0.2) is 36.9 Å². The molecular weight excluding hydrogens is 228 g/mol. The maximum absolute atomic E-state index is 11.5. The van der Waals surface area contributed by atoms with Gasteiger partial charge in [-0.05, 0) is 30.2 Å². The second-order valence-corrected chi connectivity index (χ2v) is 4.31. The van der Waals surface area contributed by atoms with E-state index in [1.165, 1.54) is 6.08 Å². The molecular formula is C14H16N2O2. The number of likely N-dealkylation sites (tertiary alicyclic amines) is 1. The Hall–Kier alpha value is -2.10. The lowest BCUT2D eigenvalue weighted by Gasteiger charge is -2.16. The molecule has 4 heteroatoms. The number of carbonyl (C=O) groups is 2. The molecule has 0 unspecified atom stereocenters. The Labute approximate surface area is 106 Å². The second kappa shape index (κ2) is 5.49. The van der Waals surface area contributed by atoms with E-state index >= 15 is 0 Å². The average molecular weight is 244 g/mol. The zero-order valence-electron chi connectivity index (χ0n) is 10.2. The Morgan fingerprint density at radius 3 is 3.00 bits per heavy atom. The molecule has 0 aliphatic carbocycles. The molecule has 1 N–H and O–H groups in total. The zero-order chi connectivity index (χ0) is 13.0. The first kappa shape index (κ1) is 12.4. The summed E-state index contributed by atoms with van der Waals surface area (Å²) in [6.45, 7) is 4.84. The highest BCUT2D eigenvalue weighted by Crippen LogP contribution is 2.17. The fourth-order valence-electron chi connectivity index (χ4n) is 2.03. The van der Waals surface area contributed by atoms with Crippen LogP contribution in [-0.4, -0.2) is 23.3 Å². The van der Waals surface area contributed by atoms with Crippen LogP contribution in [0.2, 0.25) is 0 Å². The number of benzene rings is 1. The molecule has 0 atom stereocenters. The normalized spacial score (nSPS) is 14.7. The summed E-state index contributed by atoms with van der Waals surface area (Å²) in [5.74, 6) is -0.0278. The van der Waals surface area contributed by atoms with Crippen molar-refractivity contribution >= 4 is 17.5 Å². The van der Waals surface area contributed by atoms with Crippen LogP contribution in [0.3, 0.4) is 0 Å². The van der Waals surface area contributed by atoms with Crippen molar-refractivity contribution in [3.05, 3.63) is 42.5 Å². The summed E-state index contributed by atoms with van der Waals surface area (Å²) in [5, 5.41) is 2.71. The van der Waals surface area contributed by atoms with Crippen molar-refractivity contribution in [3.8, 4) is 0 Å². The lowest BCUT2D eigenvalue weighted by molar-refractivity contribution is -0.128. The third kappa shape index (κ3) is 2.97. The number of hydrogen-bond acceptors (Lipinski definition) is 2. The highest BCUT2D eigenvalue weighted by Gasteiger charge is 2.19. The Balaban J connectivity index is 2.04. The Morgan fingerprint density at radius 2 is 2.33 bits per heavy atom. The summed E-state index contributed by atoms with van der Waals surface area (Å²) in [4.78, 5) is 24.6. The predicted molar refractivity (Wildman–Crippen MR) is 69.9 cm³/mol. The van der Waals surface area contributed by atoms with Crippen LogP contribution in [0.4, 0.5) is 5.69 Å². The summed E-state index contributed by atoms with van der Waals surface area (Å²) in [6, 6.07) is 7.52. The van der Waals surface area contributed by atoms with E-state index in [-0.39, 0.29) is 11.8 Å². The molecule has 1 aromatic rings. The Kier molecular flexibility index (Phi) is 3.77. The van der Waals surface area contributed by atoms with E-state index < -0.39 is 0 Å². The van der Waals surface area contributed by atoms with Crippen LogP contribution in [0.1, 0.15) is 18.4 Å². The van der Waals surface area contributed by atoms with Crippen molar-refractivity contribution < 1.29 is 9.59 Å². The molecule has 18 heavy (non-hydrogen) atoms. The van der Waals surface area contributed by atoms with Crippen molar-refractivity contribution in [2.24, 2.45) is 0 Å². The van der Waals surface area contributed by atoms with Gasteiger partial charge in [0.1, 0.15) is 0 Å². The molecule has 94 valence electrons. The van der Waals surface area contributed by atoms with Gasteiger partial charge in [0, 0.05) is 25.2 Å². The monoisotopic (exact) mass is 244 g/mol. The molecule has 1 aliphatic rings. The maximum Gasteiger partial charge on any atom is 0.247 e. The Bertz CT molecular complexity index is 482. The van der Waals surface area contributed by atoms with Crippen LogP contribution in [-0.2, 0) is 16.1 Å². The van der Waals surface area contributed by atoms with Gasteiger partial charge >= 0.3 is 0 Å². The molecule has 2 rings (SSSR count). The van der Waals surface area contributed by atoms with Crippen molar-refractivity contribution in [3.63, 3.8) is 0 Å². The quantitative estimate of drug-likeness (QED) is 0.823. The number of hydrogen-bond donors (Lipinski definition) is 1. The standard InChI is InChI=1S/C14H16N2O2/c1-2-13(17)15-12-6-3-5-11(9-12)10-16-8-4-7-14(16)18/h2-3,5-6,9H,1,4,7-8,10H2,(H,15,17). The lowest BCUT2D eigenvalue weighted by Crippen LogP contribution is -2.23. The van der Waals surface area contributed by atoms with Crippen LogP contribution < -0.4 is 5.32 Å². The van der Waals surface area contributed by atoms with Gasteiger partial charge in [-0.3, -0.25) is 9.59 Å². The molecule has 1 saturated heterocycles. The molecule has 0 aromatic heterocycles. The fourth-order valence-corrected chi connectivity index (χ4v) is 2.03. The maximum atomic E-state index is 11.5. The molecule has 1 fully saturated rings. The van der Waals surface area contributed by atoms with Gasteiger partial charge in [-0.2, -0.15) is 0 Å². The van der Waals surface area contributed by atoms with E-state index in [2.05, 4.69) is 11.9 Å². The van der Waals surface area contributed by atoms with Gasteiger partial charge in [0.15, 0.2) is 0 Å². The third-order valence-electron chi connectivity index (χ3n) is 2.92. The molecule has 0 spiro atoms. The highest BCUT2D eigenvalue weighted by molar-refractivity contribution is 5.98. The van der Waals surface area contributed by atoms with Gasteiger partial charge in [-0.1, -0.05) is 18.7 Å². The van der Waals surface area contributed by atoms with Gasteiger partial charge < -0.3 is 10.2 Å². The van der Waals surface area contributed by atoms with Gasteiger partial charge in [-0.25, -0.2) is 0 Å². The first-order chi connectivity index (χ1) is 8.69. The number of rotatable bonds is 4. The molecule has 4 nitrogen and oxygen atoms in total. The van der Waals surface area contributed by atoms with Crippen molar-refractivity contribution in [1.82, 2.24) is 4.90 Å².